The fraction of sp³-hybridized carbons (Fsp3) is 0.107. The van der Waals surface area contributed by atoms with E-state index in [1.165, 1.54) is 17.5 Å². The summed E-state index contributed by atoms with van der Waals surface area (Å²) >= 11 is 0. The molecule has 0 aromatic heterocycles. The summed E-state index contributed by atoms with van der Waals surface area (Å²) in [6.07, 6.45) is 3.71. The SMILES string of the molecule is CCN1/C(=C\C=Nc2ccccc2)Oc2c1ccc1ccccc21.Cc1ccc(S(=O)(=O)O)cc1. The zero-order chi connectivity index (χ0) is 24.8. The number of nitrogens with zero attached hydrogens (tertiary/aromatic N) is 2. The first kappa shape index (κ1) is 24.2. The molecule has 0 unspecified atom stereocenters. The fourth-order valence-corrected chi connectivity index (χ4v) is 4.17. The molecule has 4 aromatic rings. The molecule has 1 aliphatic rings. The first-order valence-electron chi connectivity index (χ1n) is 11.2. The number of hydrogen-bond donors (Lipinski definition) is 1. The number of ether oxygens (including phenoxy) is 1. The molecule has 5 rings (SSSR count). The van der Waals surface area contributed by atoms with Gasteiger partial charge in [-0.15, -0.1) is 0 Å². The van der Waals surface area contributed by atoms with Gasteiger partial charge < -0.3 is 9.64 Å². The average molecular weight is 487 g/mol. The van der Waals surface area contributed by atoms with Gasteiger partial charge in [-0.05, 0) is 49.6 Å². The molecule has 0 atom stereocenters. The lowest BCUT2D eigenvalue weighted by molar-refractivity contribution is 0.445. The van der Waals surface area contributed by atoms with Crippen LogP contribution in [-0.2, 0) is 10.1 Å². The van der Waals surface area contributed by atoms with Crippen molar-refractivity contribution in [3.8, 4) is 5.75 Å². The van der Waals surface area contributed by atoms with Gasteiger partial charge in [0, 0.05) is 24.2 Å². The molecule has 1 N–H and O–H groups in total. The number of allylic oxidation sites excluding steroid dienone is 1. The van der Waals surface area contributed by atoms with Crippen molar-refractivity contribution in [2.45, 2.75) is 18.7 Å². The first-order chi connectivity index (χ1) is 16.9. The highest BCUT2D eigenvalue weighted by molar-refractivity contribution is 7.85. The Morgan fingerprint density at radius 2 is 1.60 bits per heavy atom. The van der Waals surface area contributed by atoms with Crippen LogP contribution in [0.15, 0.2) is 113 Å². The maximum atomic E-state index is 10.5. The third kappa shape index (κ3) is 5.77. The number of fused-ring (bicyclic) bond motifs is 3. The number of benzene rings is 4. The predicted octanol–water partition coefficient (Wildman–Crippen LogP) is 6.54. The molecular weight excluding hydrogens is 460 g/mol. The second-order valence-electron chi connectivity index (χ2n) is 7.89. The summed E-state index contributed by atoms with van der Waals surface area (Å²) in [4.78, 5) is 6.55. The topological polar surface area (TPSA) is 79.2 Å². The van der Waals surface area contributed by atoms with Gasteiger partial charge in [0.2, 0.25) is 5.88 Å². The van der Waals surface area contributed by atoms with Crippen LogP contribution in [0.2, 0.25) is 0 Å². The Morgan fingerprint density at radius 3 is 2.29 bits per heavy atom. The van der Waals surface area contributed by atoms with Crippen molar-refractivity contribution in [1.29, 1.82) is 0 Å². The Labute approximate surface area is 205 Å². The lowest BCUT2D eigenvalue weighted by Gasteiger charge is -2.14. The highest BCUT2D eigenvalue weighted by Gasteiger charge is 2.26. The third-order valence-corrected chi connectivity index (χ3v) is 6.32. The molecule has 1 aliphatic heterocycles. The standard InChI is InChI=1S/C21H18N2O.C7H8O3S/c1-2-23-19-13-12-16-8-6-7-11-18(16)21(19)24-20(23)14-15-22-17-9-4-3-5-10-17;1-6-2-4-7(5-3-6)11(8,9)10/h3-15H,2H2,1H3;2-5H,1H3,(H,8,9,10)/b20-14+,22-15?;. The number of aryl methyl sites for hydroxylation is 1. The molecule has 6 nitrogen and oxygen atoms in total. The van der Waals surface area contributed by atoms with Crippen molar-refractivity contribution in [2.24, 2.45) is 4.99 Å². The Hall–Kier alpha value is -3.94. The van der Waals surface area contributed by atoms with Crippen molar-refractivity contribution >= 4 is 38.5 Å². The Morgan fingerprint density at radius 1 is 0.914 bits per heavy atom. The summed E-state index contributed by atoms with van der Waals surface area (Å²) in [5, 5.41) is 2.32. The van der Waals surface area contributed by atoms with Crippen LogP contribution >= 0.6 is 0 Å². The van der Waals surface area contributed by atoms with Crippen LogP contribution in [0.25, 0.3) is 10.8 Å². The molecule has 0 saturated carbocycles. The summed E-state index contributed by atoms with van der Waals surface area (Å²) in [6, 6.07) is 28.4. The van der Waals surface area contributed by atoms with Gasteiger partial charge in [-0.25, -0.2) is 0 Å². The van der Waals surface area contributed by atoms with Gasteiger partial charge in [0.25, 0.3) is 10.1 Å². The van der Waals surface area contributed by atoms with E-state index in [9.17, 15) is 8.42 Å². The maximum absolute atomic E-state index is 10.5. The van der Waals surface area contributed by atoms with E-state index in [1.807, 2.05) is 55.5 Å². The maximum Gasteiger partial charge on any atom is 0.294 e. The number of rotatable bonds is 4. The van der Waals surface area contributed by atoms with Crippen LogP contribution in [0.1, 0.15) is 12.5 Å². The number of aliphatic imine (C=N–C) groups is 1. The molecular formula is C28H26N2O4S. The lowest BCUT2D eigenvalue weighted by Crippen LogP contribution is -2.19. The molecule has 178 valence electrons. The molecule has 7 heteroatoms. The first-order valence-corrected chi connectivity index (χ1v) is 12.6. The van der Waals surface area contributed by atoms with Crippen molar-refractivity contribution in [1.82, 2.24) is 0 Å². The lowest BCUT2D eigenvalue weighted by atomic mass is 10.1. The average Bonchev–Trinajstić information content (AvgIpc) is 3.23. The van der Waals surface area contributed by atoms with E-state index in [-0.39, 0.29) is 4.90 Å². The van der Waals surface area contributed by atoms with Crippen LogP contribution in [0.5, 0.6) is 5.75 Å². The number of hydrogen-bond acceptors (Lipinski definition) is 5. The molecule has 4 aromatic carbocycles. The molecule has 0 aliphatic carbocycles. The summed E-state index contributed by atoms with van der Waals surface area (Å²) < 4.78 is 35.7. The van der Waals surface area contributed by atoms with E-state index in [0.717, 1.165) is 40.5 Å². The van der Waals surface area contributed by atoms with Crippen LogP contribution in [0, 0.1) is 6.92 Å². The van der Waals surface area contributed by atoms with Gasteiger partial charge in [-0.1, -0.05) is 66.2 Å². The Balaban J connectivity index is 0.000000221. The second kappa shape index (κ2) is 10.5. The van der Waals surface area contributed by atoms with Crippen molar-refractivity contribution < 1.29 is 17.7 Å². The summed E-state index contributed by atoms with van der Waals surface area (Å²) in [5.41, 5.74) is 2.99. The van der Waals surface area contributed by atoms with Crippen molar-refractivity contribution in [3.05, 3.63) is 109 Å². The van der Waals surface area contributed by atoms with E-state index >= 15 is 0 Å². The highest BCUT2D eigenvalue weighted by Crippen LogP contribution is 2.43. The van der Waals surface area contributed by atoms with Gasteiger partial charge in [0.1, 0.15) is 0 Å². The van der Waals surface area contributed by atoms with E-state index in [1.54, 1.807) is 18.3 Å². The largest absolute Gasteiger partial charge is 0.438 e. The summed E-state index contributed by atoms with van der Waals surface area (Å²) in [7, 11) is -4.02. The third-order valence-electron chi connectivity index (χ3n) is 5.45. The smallest absolute Gasteiger partial charge is 0.294 e. The number of anilines is 1. The van der Waals surface area contributed by atoms with E-state index < -0.39 is 10.1 Å². The van der Waals surface area contributed by atoms with Gasteiger partial charge >= 0.3 is 0 Å². The van der Waals surface area contributed by atoms with Gasteiger partial charge in [-0.2, -0.15) is 8.42 Å². The Kier molecular flexibility index (Phi) is 7.29. The molecule has 0 spiro atoms. The number of para-hydroxylation sites is 1. The molecule has 35 heavy (non-hydrogen) atoms. The van der Waals surface area contributed by atoms with Crippen LogP contribution < -0.4 is 9.64 Å². The van der Waals surface area contributed by atoms with Crippen LogP contribution in [0.3, 0.4) is 0 Å². The molecule has 0 fully saturated rings. The van der Waals surface area contributed by atoms with Crippen molar-refractivity contribution in [3.63, 3.8) is 0 Å². The monoisotopic (exact) mass is 486 g/mol. The fourth-order valence-electron chi connectivity index (χ4n) is 3.69. The van der Waals surface area contributed by atoms with Gasteiger partial charge in [-0.3, -0.25) is 9.55 Å². The predicted molar refractivity (Wildman–Crippen MR) is 141 cm³/mol. The van der Waals surface area contributed by atoms with E-state index in [4.69, 9.17) is 9.29 Å². The molecule has 0 bridgehead atoms. The minimum atomic E-state index is -4.02. The van der Waals surface area contributed by atoms with Gasteiger partial charge in [0.05, 0.1) is 16.3 Å². The molecule has 0 radical (unpaired) electrons. The van der Waals surface area contributed by atoms with E-state index in [0.29, 0.717) is 0 Å². The summed E-state index contributed by atoms with van der Waals surface area (Å²) in [5.74, 6) is 1.73. The van der Waals surface area contributed by atoms with E-state index in [2.05, 4.69) is 41.1 Å². The highest BCUT2D eigenvalue weighted by atomic mass is 32.2. The second-order valence-corrected chi connectivity index (χ2v) is 9.31. The normalized spacial score (nSPS) is 14.0. The zero-order valence-corrected chi connectivity index (χ0v) is 20.3. The van der Waals surface area contributed by atoms with Gasteiger partial charge in [0.15, 0.2) is 5.75 Å². The molecule has 1 heterocycles. The summed E-state index contributed by atoms with van der Waals surface area (Å²) in [6.45, 7) is 4.81. The molecule has 0 saturated heterocycles. The minimum Gasteiger partial charge on any atom is -0.438 e. The zero-order valence-electron chi connectivity index (χ0n) is 19.5. The quantitative estimate of drug-likeness (QED) is 0.262. The van der Waals surface area contributed by atoms with Crippen molar-refractivity contribution in [2.75, 3.05) is 11.4 Å². The van der Waals surface area contributed by atoms with Crippen LogP contribution in [0.4, 0.5) is 11.4 Å². The Bertz CT molecular complexity index is 1480. The molecule has 0 amide bonds. The van der Waals surface area contributed by atoms with Crippen LogP contribution in [-0.4, -0.2) is 25.7 Å². The minimum absolute atomic E-state index is 0.0666.